The van der Waals surface area contributed by atoms with Crippen LogP contribution in [-0.2, 0) is 6.42 Å². The van der Waals surface area contributed by atoms with E-state index in [9.17, 15) is 4.39 Å². The number of rotatable bonds is 11. The summed E-state index contributed by atoms with van der Waals surface area (Å²) >= 11 is 0. The summed E-state index contributed by atoms with van der Waals surface area (Å²) in [4.78, 5) is 9.04. The Bertz CT molecular complexity index is 874. The van der Waals surface area contributed by atoms with E-state index >= 15 is 0 Å². The highest BCUT2D eigenvalue weighted by Gasteiger charge is 2.05. The number of aromatic nitrogens is 2. The molecule has 1 atom stereocenters. The van der Waals surface area contributed by atoms with Crippen LogP contribution >= 0.6 is 0 Å². The molecule has 2 aromatic carbocycles. The summed E-state index contributed by atoms with van der Waals surface area (Å²) in [5, 5.41) is 0. The SMILES string of the molecule is CCCCCCCc1ccc(-c2cnc(-c3ccc(OCC(C)F)cc3)nc2)cc1. The number of unbranched alkanes of at least 4 members (excludes halogenated alkanes) is 4. The fraction of sp³-hybridized carbons (Fsp3) is 0.385. The van der Waals surface area contributed by atoms with Gasteiger partial charge in [-0.1, -0.05) is 56.9 Å². The van der Waals surface area contributed by atoms with Gasteiger partial charge < -0.3 is 4.74 Å². The van der Waals surface area contributed by atoms with E-state index in [0.29, 0.717) is 11.6 Å². The molecule has 3 nitrogen and oxygen atoms in total. The van der Waals surface area contributed by atoms with Gasteiger partial charge in [0.15, 0.2) is 5.82 Å². The lowest BCUT2D eigenvalue weighted by Gasteiger charge is -2.08. The van der Waals surface area contributed by atoms with Crippen LogP contribution in [0.15, 0.2) is 60.9 Å². The third-order valence-corrected chi connectivity index (χ3v) is 5.10. The summed E-state index contributed by atoms with van der Waals surface area (Å²) in [7, 11) is 0. The fourth-order valence-corrected chi connectivity index (χ4v) is 3.33. The Hall–Kier alpha value is -2.75. The van der Waals surface area contributed by atoms with E-state index in [1.54, 1.807) is 0 Å². The number of alkyl halides is 1. The largest absolute Gasteiger partial charge is 0.491 e. The minimum atomic E-state index is -0.986. The molecule has 0 radical (unpaired) electrons. The van der Waals surface area contributed by atoms with Gasteiger partial charge in [-0.3, -0.25) is 0 Å². The van der Waals surface area contributed by atoms with Crippen molar-refractivity contribution in [1.82, 2.24) is 9.97 Å². The van der Waals surface area contributed by atoms with Gasteiger partial charge in [-0.05, 0) is 55.2 Å². The van der Waals surface area contributed by atoms with Gasteiger partial charge in [0.2, 0.25) is 0 Å². The van der Waals surface area contributed by atoms with Crippen molar-refractivity contribution in [2.45, 2.75) is 58.5 Å². The van der Waals surface area contributed by atoms with Gasteiger partial charge in [0, 0.05) is 23.5 Å². The number of hydrogen-bond acceptors (Lipinski definition) is 3. The van der Waals surface area contributed by atoms with E-state index in [1.165, 1.54) is 44.6 Å². The van der Waals surface area contributed by atoms with Crippen LogP contribution in [0, 0.1) is 0 Å². The lowest BCUT2D eigenvalue weighted by atomic mass is 10.0. The number of hydrogen-bond donors (Lipinski definition) is 0. The summed E-state index contributed by atoms with van der Waals surface area (Å²) in [5.74, 6) is 1.30. The topological polar surface area (TPSA) is 35.0 Å². The number of aryl methyl sites for hydroxylation is 1. The molecule has 0 N–H and O–H groups in total. The third kappa shape index (κ3) is 6.65. The molecule has 0 saturated heterocycles. The molecule has 0 spiro atoms. The van der Waals surface area contributed by atoms with Crippen LogP contribution in [0.2, 0.25) is 0 Å². The molecule has 0 amide bonds. The molecule has 3 rings (SSSR count). The predicted molar refractivity (Wildman–Crippen MR) is 121 cm³/mol. The van der Waals surface area contributed by atoms with Gasteiger partial charge in [0.05, 0.1) is 0 Å². The van der Waals surface area contributed by atoms with Gasteiger partial charge in [-0.2, -0.15) is 0 Å². The quantitative estimate of drug-likeness (QED) is 0.320. The van der Waals surface area contributed by atoms with E-state index in [0.717, 1.165) is 23.1 Å². The molecule has 4 heteroatoms. The van der Waals surface area contributed by atoms with E-state index in [-0.39, 0.29) is 6.61 Å². The Kier molecular flexibility index (Phi) is 8.37. The minimum Gasteiger partial charge on any atom is -0.491 e. The van der Waals surface area contributed by atoms with Crippen LogP contribution in [0.3, 0.4) is 0 Å². The molecule has 0 fully saturated rings. The van der Waals surface area contributed by atoms with Crippen molar-refractivity contribution in [2.75, 3.05) is 6.61 Å². The molecule has 158 valence electrons. The predicted octanol–water partition coefficient (Wildman–Crippen LogP) is 7.06. The van der Waals surface area contributed by atoms with Crippen LogP contribution in [0.5, 0.6) is 5.75 Å². The molecule has 1 aromatic heterocycles. The van der Waals surface area contributed by atoms with Crippen molar-refractivity contribution in [3.63, 3.8) is 0 Å². The third-order valence-electron chi connectivity index (χ3n) is 5.10. The number of nitrogens with zero attached hydrogens (tertiary/aromatic N) is 2. The lowest BCUT2D eigenvalue weighted by molar-refractivity contribution is 0.210. The molecule has 0 aliphatic heterocycles. The van der Waals surface area contributed by atoms with E-state index in [4.69, 9.17) is 4.74 Å². The highest BCUT2D eigenvalue weighted by atomic mass is 19.1. The van der Waals surface area contributed by atoms with Crippen LogP contribution in [0.25, 0.3) is 22.5 Å². The van der Waals surface area contributed by atoms with Crippen molar-refractivity contribution in [2.24, 2.45) is 0 Å². The Morgan fingerprint density at radius 2 is 1.43 bits per heavy atom. The molecule has 30 heavy (non-hydrogen) atoms. The average molecular weight is 407 g/mol. The van der Waals surface area contributed by atoms with Gasteiger partial charge >= 0.3 is 0 Å². The first-order valence-electron chi connectivity index (χ1n) is 10.9. The van der Waals surface area contributed by atoms with Crippen LogP contribution < -0.4 is 4.74 Å². The molecule has 0 bridgehead atoms. The molecule has 1 heterocycles. The molecular weight excluding hydrogens is 375 g/mol. The van der Waals surface area contributed by atoms with Crippen LogP contribution in [0.1, 0.15) is 51.5 Å². The number of ether oxygens (including phenoxy) is 1. The summed E-state index contributed by atoms with van der Waals surface area (Å²) in [5.41, 5.74) is 4.42. The lowest BCUT2D eigenvalue weighted by Crippen LogP contribution is -2.08. The van der Waals surface area contributed by atoms with E-state index in [2.05, 4.69) is 41.2 Å². The second-order valence-electron chi connectivity index (χ2n) is 7.77. The maximum absolute atomic E-state index is 12.9. The molecule has 0 saturated carbocycles. The van der Waals surface area contributed by atoms with Gasteiger partial charge in [0.25, 0.3) is 0 Å². The highest BCUT2D eigenvalue weighted by Crippen LogP contribution is 2.23. The van der Waals surface area contributed by atoms with Crippen molar-refractivity contribution in [3.8, 4) is 28.3 Å². The second-order valence-corrected chi connectivity index (χ2v) is 7.77. The molecule has 1 unspecified atom stereocenters. The van der Waals surface area contributed by atoms with Crippen molar-refractivity contribution in [1.29, 1.82) is 0 Å². The van der Waals surface area contributed by atoms with E-state index < -0.39 is 6.17 Å². The number of halogens is 1. The van der Waals surface area contributed by atoms with Gasteiger partial charge in [-0.25, -0.2) is 14.4 Å². The molecule has 0 aliphatic carbocycles. The Balaban J connectivity index is 1.57. The minimum absolute atomic E-state index is 0.0577. The maximum atomic E-state index is 12.9. The van der Waals surface area contributed by atoms with Crippen LogP contribution in [0.4, 0.5) is 4.39 Å². The smallest absolute Gasteiger partial charge is 0.159 e. The Labute approximate surface area is 179 Å². The standard InChI is InChI=1S/C26H31FN2O/c1-3-4-5-6-7-8-21-9-11-22(12-10-21)24-17-28-26(29-18-24)23-13-15-25(16-14-23)30-19-20(2)27/h9-18,20H,3-8,19H2,1-2H3. The van der Waals surface area contributed by atoms with Gasteiger partial charge in [-0.15, -0.1) is 0 Å². The van der Waals surface area contributed by atoms with Crippen molar-refractivity contribution < 1.29 is 9.13 Å². The molecular formula is C26H31FN2O. The van der Waals surface area contributed by atoms with Crippen LogP contribution in [-0.4, -0.2) is 22.7 Å². The zero-order chi connectivity index (χ0) is 21.2. The summed E-state index contributed by atoms with van der Waals surface area (Å²) in [6.45, 7) is 3.78. The first kappa shape index (κ1) is 21.9. The van der Waals surface area contributed by atoms with Gasteiger partial charge in [0.1, 0.15) is 18.5 Å². The van der Waals surface area contributed by atoms with E-state index in [1.807, 2.05) is 36.7 Å². The summed E-state index contributed by atoms with van der Waals surface area (Å²) in [6, 6.07) is 16.1. The monoisotopic (exact) mass is 406 g/mol. The maximum Gasteiger partial charge on any atom is 0.159 e. The van der Waals surface area contributed by atoms with Crippen molar-refractivity contribution >= 4 is 0 Å². The number of benzene rings is 2. The highest BCUT2D eigenvalue weighted by molar-refractivity contribution is 5.64. The zero-order valence-electron chi connectivity index (χ0n) is 18.0. The summed E-state index contributed by atoms with van der Waals surface area (Å²) in [6.07, 6.45) is 10.4. The first-order valence-corrected chi connectivity index (χ1v) is 10.9. The first-order chi connectivity index (χ1) is 14.7. The normalized spacial score (nSPS) is 12.0. The fourth-order valence-electron chi connectivity index (χ4n) is 3.33. The average Bonchev–Trinajstić information content (AvgIpc) is 2.78. The van der Waals surface area contributed by atoms with Crippen molar-refractivity contribution in [3.05, 3.63) is 66.5 Å². The Morgan fingerprint density at radius 3 is 2.07 bits per heavy atom. The molecule has 0 aliphatic rings. The Morgan fingerprint density at radius 1 is 0.800 bits per heavy atom. The summed E-state index contributed by atoms with van der Waals surface area (Å²) < 4.78 is 18.3. The zero-order valence-corrected chi connectivity index (χ0v) is 18.0. The molecule has 3 aromatic rings. The second kappa shape index (κ2) is 11.4.